The van der Waals surface area contributed by atoms with Gasteiger partial charge in [-0.15, -0.1) is 11.8 Å². The Balaban J connectivity index is 2.41. The summed E-state index contributed by atoms with van der Waals surface area (Å²) in [6.07, 6.45) is 1.99. The lowest BCUT2D eigenvalue weighted by molar-refractivity contribution is 0.393. The number of hydrogen-bond donors (Lipinski definition) is 0. The summed E-state index contributed by atoms with van der Waals surface area (Å²) < 4.78 is 8.08. The molecule has 100 valence electrons. The summed E-state index contributed by atoms with van der Waals surface area (Å²) in [5.74, 6) is 1.43. The number of aromatic nitrogens is 1. The molecule has 2 rings (SSSR count). The summed E-state index contributed by atoms with van der Waals surface area (Å²) in [5, 5.41) is 0. The Labute approximate surface area is 124 Å². The van der Waals surface area contributed by atoms with E-state index in [1.165, 1.54) is 0 Å². The molecular weight excluding hydrogens is 326 g/mol. The van der Waals surface area contributed by atoms with Gasteiger partial charge in [-0.2, -0.15) is 0 Å². The lowest BCUT2D eigenvalue weighted by Crippen LogP contribution is -2.16. The number of pyridine rings is 1. The number of nitrogens with zero attached hydrogens (tertiary/aromatic N) is 1. The minimum atomic E-state index is -0.0212. The molecule has 0 amide bonds. The quantitative estimate of drug-likeness (QED) is 0.798. The van der Waals surface area contributed by atoms with Gasteiger partial charge in [0, 0.05) is 23.2 Å². The lowest BCUT2D eigenvalue weighted by Gasteiger charge is -2.11. The largest absolute Gasteiger partial charge is 0.483 e. The monoisotopic (exact) mass is 339 g/mol. The molecule has 0 N–H and O–H groups in total. The summed E-state index contributed by atoms with van der Waals surface area (Å²) in [7, 11) is 1.77. The first-order valence-electron chi connectivity index (χ1n) is 5.71. The van der Waals surface area contributed by atoms with Gasteiger partial charge in [-0.1, -0.05) is 6.07 Å². The van der Waals surface area contributed by atoms with Crippen LogP contribution in [0.25, 0.3) is 11.3 Å². The summed E-state index contributed by atoms with van der Waals surface area (Å²) in [6, 6.07) is 11.0. The van der Waals surface area contributed by atoms with E-state index in [-0.39, 0.29) is 5.56 Å². The highest BCUT2D eigenvalue weighted by atomic mass is 79.9. The van der Waals surface area contributed by atoms with Crippen molar-refractivity contribution < 1.29 is 4.74 Å². The highest BCUT2D eigenvalue weighted by Gasteiger charge is 2.08. The number of hydrogen-bond acceptors (Lipinski definition) is 3. The fourth-order valence-corrected chi connectivity index (χ4v) is 2.57. The van der Waals surface area contributed by atoms with Gasteiger partial charge in [0.2, 0.25) is 0 Å². The molecule has 0 saturated carbocycles. The van der Waals surface area contributed by atoms with E-state index in [4.69, 9.17) is 4.74 Å². The Morgan fingerprint density at radius 1 is 1.32 bits per heavy atom. The predicted octanol–water partition coefficient (Wildman–Crippen LogP) is 3.51. The van der Waals surface area contributed by atoms with Crippen molar-refractivity contribution in [3.8, 4) is 17.0 Å². The minimum absolute atomic E-state index is 0.0212. The number of thioether (sulfide) groups is 1. The van der Waals surface area contributed by atoms with Crippen molar-refractivity contribution in [2.24, 2.45) is 7.05 Å². The van der Waals surface area contributed by atoms with Crippen LogP contribution in [-0.2, 0) is 7.05 Å². The molecule has 0 atom stereocenters. The van der Waals surface area contributed by atoms with Crippen molar-refractivity contribution >= 4 is 27.7 Å². The van der Waals surface area contributed by atoms with Gasteiger partial charge in [0.05, 0.1) is 5.69 Å². The van der Waals surface area contributed by atoms with Crippen LogP contribution >= 0.6 is 27.7 Å². The molecule has 2 aromatic rings. The molecule has 0 unspecified atom stereocenters. The fraction of sp³-hybridized carbons (Fsp3) is 0.214. The van der Waals surface area contributed by atoms with E-state index in [0.717, 1.165) is 21.5 Å². The molecule has 0 aliphatic heterocycles. The van der Waals surface area contributed by atoms with Crippen LogP contribution in [0, 0.1) is 0 Å². The number of ether oxygens (including phenoxy) is 1. The van der Waals surface area contributed by atoms with Crippen molar-refractivity contribution in [1.29, 1.82) is 0 Å². The maximum atomic E-state index is 11.7. The van der Waals surface area contributed by atoms with Crippen molar-refractivity contribution in [2.75, 3.05) is 12.2 Å². The maximum absolute atomic E-state index is 11.7. The highest BCUT2D eigenvalue weighted by molar-refractivity contribution is 9.10. The van der Waals surface area contributed by atoms with Gasteiger partial charge < -0.3 is 9.30 Å². The maximum Gasteiger partial charge on any atom is 0.250 e. The molecule has 0 radical (unpaired) electrons. The van der Waals surface area contributed by atoms with Crippen LogP contribution in [0.1, 0.15) is 0 Å². The average Bonchev–Trinajstić information content (AvgIpc) is 2.40. The summed E-state index contributed by atoms with van der Waals surface area (Å²) in [4.78, 5) is 11.7. The second-order valence-electron chi connectivity index (χ2n) is 4.00. The van der Waals surface area contributed by atoms with Crippen LogP contribution in [0.3, 0.4) is 0 Å². The molecule has 0 aliphatic carbocycles. The Morgan fingerprint density at radius 2 is 2.11 bits per heavy atom. The third-order valence-electron chi connectivity index (χ3n) is 2.74. The Bertz CT molecular complexity index is 640. The Hall–Kier alpha value is -1.20. The van der Waals surface area contributed by atoms with E-state index in [9.17, 15) is 4.79 Å². The standard InChI is InChI=1S/C14H14BrNO2S/c1-16-13(4-3-5-14(16)17)11-7-6-10(8-12(11)15)18-9-19-2/h3-8H,9H2,1-2H3. The molecule has 19 heavy (non-hydrogen) atoms. The summed E-state index contributed by atoms with van der Waals surface area (Å²) in [6.45, 7) is 0. The van der Waals surface area contributed by atoms with Crippen LogP contribution < -0.4 is 10.3 Å². The third-order valence-corrected chi connectivity index (χ3v) is 3.75. The molecule has 0 bridgehead atoms. The molecule has 1 aromatic carbocycles. The smallest absolute Gasteiger partial charge is 0.250 e. The second-order valence-corrected chi connectivity index (χ2v) is 5.67. The third kappa shape index (κ3) is 3.22. The lowest BCUT2D eigenvalue weighted by atomic mass is 10.1. The van der Waals surface area contributed by atoms with Gasteiger partial charge in [0.15, 0.2) is 0 Å². The predicted molar refractivity (Wildman–Crippen MR) is 83.8 cm³/mol. The first-order valence-corrected chi connectivity index (χ1v) is 7.90. The normalized spacial score (nSPS) is 10.5. The molecular formula is C14H14BrNO2S. The van der Waals surface area contributed by atoms with E-state index in [1.807, 2.05) is 30.5 Å². The fourth-order valence-electron chi connectivity index (χ4n) is 1.75. The van der Waals surface area contributed by atoms with Gasteiger partial charge in [0.25, 0.3) is 5.56 Å². The molecule has 0 aliphatic rings. The van der Waals surface area contributed by atoms with Crippen molar-refractivity contribution in [3.05, 3.63) is 51.2 Å². The van der Waals surface area contributed by atoms with E-state index >= 15 is 0 Å². The van der Waals surface area contributed by atoms with E-state index in [1.54, 1.807) is 35.5 Å². The highest BCUT2D eigenvalue weighted by Crippen LogP contribution is 2.30. The molecule has 1 aromatic heterocycles. The molecule has 3 nitrogen and oxygen atoms in total. The van der Waals surface area contributed by atoms with Crippen LogP contribution in [-0.4, -0.2) is 16.8 Å². The van der Waals surface area contributed by atoms with Crippen molar-refractivity contribution in [3.63, 3.8) is 0 Å². The van der Waals surface area contributed by atoms with Crippen LogP contribution in [0.4, 0.5) is 0 Å². The molecule has 0 spiro atoms. The average molecular weight is 340 g/mol. The van der Waals surface area contributed by atoms with E-state index in [0.29, 0.717) is 5.94 Å². The van der Waals surface area contributed by atoms with Crippen LogP contribution in [0.2, 0.25) is 0 Å². The topological polar surface area (TPSA) is 31.2 Å². The zero-order valence-corrected chi connectivity index (χ0v) is 13.1. The molecule has 0 fully saturated rings. The zero-order valence-electron chi connectivity index (χ0n) is 10.7. The summed E-state index contributed by atoms with van der Waals surface area (Å²) in [5.41, 5.74) is 1.82. The molecule has 1 heterocycles. The van der Waals surface area contributed by atoms with Gasteiger partial charge in [0.1, 0.15) is 11.7 Å². The Morgan fingerprint density at radius 3 is 2.79 bits per heavy atom. The van der Waals surface area contributed by atoms with Crippen LogP contribution in [0.15, 0.2) is 45.7 Å². The van der Waals surface area contributed by atoms with Gasteiger partial charge in [-0.05, 0) is 46.5 Å². The first kappa shape index (κ1) is 14.2. The van der Waals surface area contributed by atoms with E-state index in [2.05, 4.69) is 15.9 Å². The van der Waals surface area contributed by atoms with Gasteiger partial charge >= 0.3 is 0 Å². The number of benzene rings is 1. The second kappa shape index (κ2) is 6.30. The van der Waals surface area contributed by atoms with Crippen LogP contribution in [0.5, 0.6) is 5.75 Å². The number of halogens is 1. The van der Waals surface area contributed by atoms with Crippen molar-refractivity contribution in [1.82, 2.24) is 4.57 Å². The first-order chi connectivity index (χ1) is 9.13. The molecule has 5 heteroatoms. The van der Waals surface area contributed by atoms with E-state index < -0.39 is 0 Å². The Kier molecular flexibility index (Phi) is 4.71. The SMILES string of the molecule is CSCOc1ccc(-c2cccc(=O)n2C)c(Br)c1. The zero-order chi connectivity index (χ0) is 13.8. The summed E-state index contributed by atoms with van der Waals surface area (Å²) >= 11 is 5.16. The number of rotatable bonds is 4. The van der Waals surface area contributed by atoms with Gasteiger partial charge in [-0.25, -0.2) is 0 Å². The minimum Gasteiger partial charge on any atom is -0.483 e. The molecule has 0 saturated heterocycles. The van der Waals surface area contributed by atoms with Crippen molar-refractivity contribution in [2.45, 2.75) is 0 Å². The van der Waals surface area contributed by atoms with Gasteiger partial charge in [-0.3, -0.25) is 4.79 Å².